The number of hydrogen-bond donors (Lipinski definition) is 1. The molecule has 2 aromatic rings. The molecule has 0 spiro atoms. The molecule has 1 aliphatic rings. The number of aryl methyl sites for hydroxylation is 2. The van der Waals surface area contributed by atoms with Crippen molar-refractivity contribution in [1.29, 1.82) is 0 Å². The Morgan fingerprint density at radius 3 is 2.82 bits per heavy atom. The Kier molecular flexibility index (Phi) is 11.1. The molecular weight excluding hydrogens is 499 g/mol. The van der Waals surface area contributed by atoms with Gasteiger partial charge in [0.25, 0.3) is 0 Å². The molecule has 179 valence electrons. The Morgan fingerprint density at radius 2 is 2.12 bits per heavy atom. The van der Waals surface area contributed by atoms with E-state index >= 15 is 0 Å². The normalized spacial score (nSPS) is 16.1. The standard InChI is InChI=1S/C28H36NO3.Ru/c1-4-6-10-22(5-2)18-29-19-24(13-8-12-23-11-7-9-21(3)16-23)20-32-27-15-14-25(28(30)31)17-26(27)29;/h1,4,7,9,11,14-17,22,24H,5-6,8,10,12-13,18-20H2,2-3H3,(H,30,31);/q-1;+1. The number of fused-ring (bicyclic) bond motifs is 1. The minimum Gasteiger partial charge on any atom is -0.518 e. The second-order valence-electron chi connectivity index (χ2n) is 9.04. The molecule has 0 aromatic heterocycles. The molecule has 2 unspecified atom stereocenters. The quantitative estimate of drug-likeness (QED) is 0.270. The van der Waals surface area contributed by atoms with E-state index in [1.165, 1.54) is 11.1 Å². The molecule has 0 amide bonds. The molecule has 1 aliphatic heterocycles. The van der Waals surface area contributed by atoms with Crippen LogP contribution in [-0.2, 0) is 25.9 Å². The van der Waals surface area contributed by atoms with Crippen molar-refractivity contribution in [2.75, 3.05) is 24.6 Å². The van der Waals surface area contributed by atoms with E-state index in [4.69, 9.17) is 11.3 Å². The van der Waals surface area contributed by atoms with Crippen LogP contribution in [0, 0.1) is 25.3 Å². The molecule has 1 radical (unpaired) electrons. The van der Waals surface area contributed by atoms with Crippen LogP contribution in [0.25, 0.3) is 0 Å². The largest absolute Gasteiger partial charge is 1.00 e. The van der Waals surface area contributed by atoms with Gasteiger partial charge in [-0.1, -0.05) is 49.6 Å². The number of rotatable bonds is 11. The van der Waals surface area contributed by atoms with Crippen molar-refractivity contribution in [1.82, 2.24) is 0 Å². The predicted molar refractivity (Wildman–Crippen MR) is 131 cm³/mol. The van der Waals surface area contributed by atoms with E-state index in [9.17, 15) is 9.90 Å². The summed E-state index contributed by atoms with van der Waals surface area (Å²) in [5.41, 5.74) is 3.89. The maximum Gasteiger partial charge on any atom is 1.00 e. The molecule has 0 fully saturated rings. The van der Waals surface area contributed by atoms with Crippen molar-refractivity contribution in [3.05, 3.63) is 71.8 Å². The molecule has 33 heavy (non-hydrogen) atoms. The van der Waals surface area contributed by atoms with Gasteiger partial charge in [0.1, 0.15) is 5.75 Å². The van der Waals surface area contributed by atoms with Gasteiger partial charge in [-0.25, -0.2) is 4.79 Å². The van der Waals surface area contributed by atoms with Gasteiger partial charge in [-0.05, 0) is 62.3 Å². The Hall–Kier alpha value is -2.13. The van der Waals surface area contributed by atoms with Crippen LogP contribution in [0.2, 0.25) is 0 Å². The second kappa shape index (κ2) is 13.5. The fourth-order valence-corrected chi connectivity index (χ4v) is 4.57. The molecule has 0 aliphatic carbocycles. The van der Waals surface area contributed by atoms with Crippen molar-refractivity contribution < 1.29 is 34.1 Å². The molecule has 4 nitrogen and oxygen atoms in total. The first-order valence-corrected chi connectivity index (χ1v) is 11.8. The SMILES string of the molecule is [CH-]=CCCC(CC)CN1CC(CCCc2cccc(C)c2)COc2ccc(C(=O)O)cc21.[Ru+]. The molecule has 3 rings (SSSR count). The number of benzene rings is 2. The van der Waals surface area contributed by atoms with E-state index in [1.54, 1.807) is 18.2 Å². The monoisotopic (exact) mass is 536 g/mol. The first kappa shape index (κ1) is 27.1. The van der Waals surface area contributed by atoms with Crippen LogP contribution in [0.3, 0.4) is 0 Å². The average Bonchev–Trinajstić information content (AvgIpc) is 2.95. The third-order valence-electron chi connectivity index (χ3n) is 6.46. The average molecular weight is 536 g/mol. The van der Waals surface area contributed by atoms with Crippen LogP contribution in [0.5, 0.6) is 5.75 Å². The fourth-order valence-electron chi connectivity index (χ4n) is 4.57. The molecule has 0 saturated carbocycles. The van der Waals surface area contributed by atoms with Gasteiger partial charge >= 0.3 is 25.4 Å². The number of anilines is 1. The Balaban J connectivity index is 0.00000385. The Labute approximate surface area is 211 Å². The molecule has 2 atom stereocenters. The van der Waals surface area contributed by atoms with Crippen LogP contribution in [0.1, 0.15) is 60.5 Å². The van der Waals surface area contributed by atoms with Crippen LogP contribution in [0.15, 0.2) is 48.5 Å². The van der Waals surface area contributed by atoms with Crippen molar-refractivity contribution in [2.45, 2.75) is 52.4 Å². The van der Waals surface area contributed by atoms with Gasteiger partial charge in [0.05, 0.1) is 17.9 Å². The number of nitrogens with zero attached hydrogens (tertiary/aromatic N) is 1. The first-order chi connectivity index (χ1) is 15.5. The second-order valence-corrected chi connectivity index (χ2v) is 9.04. The summed E-state index contributed by atoms with van der Waals surface area (Å²) in [4.78, 5) is 13.9. The Bertz CT molecular complexity index is 914. The summed E-state index contributed by atoms with van der Waals surface area (Å²) in [5.74, 6) is 0.786. The summed E-state index contributed by atoms with van der Waals surface area (Å²) in [7, 11) is 0. The zero-order valence-electron chi connectivity index (χ0n) is 19.8. The molecule has 0 bridgehead atoms. The molecule has 0 saturated heterocycles. The predicted octanol–water partition coefficient (Wildman–Crippen LogP) is 6.32. The molecule has 1 N–H and O–H groups in total. The van der Waals surface area contributed by atoms with Gasteiger partial charge in [0.2, 0.25) is 0 Å². The Morgan fingerprint density at radius 1 is 1.30 bits per heavy atom. The maximum atomic E-state index is 11.6. The van der Waals surface area contributed by atoms with Crippen molar-refractivity contribution >= 4 is 11.7 Å². The molecule has 5 heteroatoms. The zero-order valence-corrected chi connectivity index (χ0v) is 21.5. The number of allylic oxidation sites excluding steroid dienone is 1. The van der Waals surface area contributed by atoms with Crippen molar-refractivity contribution in [3.8, 4) is 5.75 Å². The van der Waals surface area contributed by atoms with Gasteiger partial charge in [0.15, 0.2) is 0 Å². The summed E-state index contributed by atoms with van der Waals surface area (Å²) in [5, 5.41) is 9.51. The summed E-state index contributed by atoms with van der Waals surface area (Å²) in [6.45, 7) is 12.4. The van der Waals surface area contributed by atoms with Crippen molar-refractivity contribution in [3.63, 3.8) is 0 Å². The van der Waals surface area contributed by atoms with Crippen LogP contribution in [-0.4, -0.2) is 30.8 Å². The maximum absolute atomic E-state index is 11.6. The number of ether oxygens (including phenoxy) is 1. The van der Waals surface area contributed by atoms with Gasteiger partial charge in [-0.15, -0.1) is 0 Å². The smallest absolute Gasteiger partial charge is 0.518 e. The third kappa shape index (κ3) is 8.00. The van der Waals surface area contributed by atoms with E-state index < -0.39 is 5.97 Å². The minimum atomic E-state index is -0.906. The molecular formula is C28H36NO3Ru. The molecule has 2 aromatic carbocycles. The number of carboxylic acid groups (broad SMARTS) is 1. The van der Waals surface area contributed by atoms with Gasteiger partial charge in [0, 0.05) is 19.0 Å². The molecule has 1 heterocycles. The number of hydrogen-bond acceptors (Lipinski definition) is 3. The van der Waals surface area contributed by atoms with Crippen molar-refractivity contribution in [2.24, 2.45) is 11.8 Å². The van der Waals surface area contributed by atoms with Crippen LogP contribution in [0.4, 0.5) is 5.69 Å². The number of aromatic carboxylic acids is 1. The first-order valence-electron chi connectivity index (χ1n) is 11.8. The minimum absolute atomic E-state index is 0. The summed E-state index contributed by atoms with van der Waals surface area (Å²) in [6.07, 6.45) is 7.99. The van der Waals surface area contributed by atoms with Gasteiger partial charge in [-0.2, -0.15) is 0 Å². The van der Waals surface area contributed by atoms with Crippen LogP contribution >= 0.6 is 0 Å². The summed E-state index contributed by atoms with van der Waals surface area (Å²) >= 11 is 0. The fraction of sp³-hybridized carbons (Fsp3) is 0.464. The zero-order chi connectivity index (χ0) is 22.9. The van der Waals surface area contributed by atoms with Gasteiger partial charge in [-0.3, -0.25) is 6.08 Å². The van der Waals surface area contributed by atoms with E-state index in [0.29, 0.717) is 24.0 Å². The third-order valence-corrected chi connectivity index (χ3v) is 6.46. The van der Waals surface area contributed by atoms with E-state index in [-0.39, 0.29) is 19.5 Å². The summed E-state index contributed by atoms with van der Waals surface area (Å²) < 4.78 is 6.18. The van der Waals surface area contributed by atoms with Gasteiger partial charge < -0.3 is 21.3 Å². The van der Waals surface area contributed by atoms with E-state index in [1.807, 2.05) is 6.07 Å². The summed E-state index contributed by atoms with van der Waals surface area (Å²) in [6, 6.07) is 13.9. The van der Waals surface area contributed by atoms with E-state index in [0.717, 1.165) is 63.1 Å². The van der Waals surface area contributed by atoms with E-state index in [2.05, 4.69) is 43.0 Å². The number of carbonyl (C=O) groups is 1. The number of carboxylic acids is 1. The van der Waals surface area contributed by atoms with Crippen LogP contribution < -0.4 is 9.64 Å². The topological polar surface area (TPSA) is 49.8 Å².